The van der Waals surface area contributed by atoms with Crippen LogP contribution in [0.3, 0.4) is 0 Å². The highest BCUT2D eigenvalue weighted by molar-refractivity contribution is 5.63. The molecule has 0 bridgehead atoms. The van der Waals surface area contributed by atoms with Crippen molar-refractivity contribution in [2.24, 2.45) is 0 Å². The summed E-state index contributed by atoms with van der Waals surface area (Å²) in [6, 6.07) is 12.8. The van der Waals surface area contributed by atoms with Crippen LogP contribution in [0, 0.1) is 0 Å². The van der Waals surface area contributed by atoms with E-state index in [1.54, 1.807) is 19.2 Å². The SMILES string of the molecule is CCOc1ccc(Oc2cccc(OC)c2N)cc1. The predicted molar refractivity (Wildman–Crippen MR) is 75.1 cm³/mol. The third kappa shape index (κ3) is 3.10. The van der Waals surface area contributed by atoms with E-state index in [0.717, 1.165) is 5.75 Å². The molecule has 0 aliphatic rings. The van der Waals surface area contributed by atoms with Gasteiger partial charge in [-0.2, -0.15) is 0 Å². The summed E-state index contributed by atoms with van der Waals surface area (Å²) in [5, 5.41) is 0. The van der Waals surface area contributed by atoms with E-state index in [-0.39, 0.29) is 0 Å². The van der Waals surface area contributed by atoms with Gasteiger partial charge < -0.3 is 19.9 Å². The standard InChI is InChI=1S/C15H17NO3/c1-3-18-11-7-9-12(10-8-11)19-14-6-4-5-13(17-2)15(14)16/h4-10H,3,16H2,1-2H3. The molecule has 0 saturated carbocycles. The number of benzene rings is 2. The van der Waals surface area contributed by atoms with Crippen LogP contribution in [0.2, 0.25) is 0 Å². The summed E-state index contributed by atoms with van der Waals surface area (Å²) >= 11 is 0. The lowest BCUT2D eigenvalue weighted by Crippen LogP contribution is -1.96. The fourth-order valence-electron chi connectivity index (χ4n) is 1.69. The van der Waals surface area contributed by atoms with E-state index in [9.17, 15) is 0 Å². The molecule has 0 unspecified atom stereocenters. The van der Waals surface area contributed by atoms with E-state index in [1.165, 1.54) is 0 Å². The smallest absolute Gasteiger partial charge is 0.154 e. The topological polar surface area (TPSA) is 53.7 Å². The second kappa shape index (κ2) is 6.00. The molecule has 0 atom stereocenters. The zero-order valence-corrected chi connectivity index (χ0v) is 11.1. The normalized spacial score (nSPS) is 10.0. The Morgan fingerprint density at radius 1 is 0.947 bits per heavy atom. The second-order valence-corrected chi connectivity index (χ2v) is 3.88. The molecule has 0 aliphatic heterocycles. The number of anilines is 1. The van der Waals surface area contributed by atoms with Gasteiger partial charge in [-0.15, -0.1) is 0 Å². The molecule has 2 aromatic rings. The van der Waals surface area contributed by atoms with Gasteiger partial charge >= 0.3 is 0 Å². The van der Waals surface area contributed by atoms with Gasteiger partial charge in [-0.1, -0.05) is 6.07 Å². The summed E-state index contributed by atoms with van der Waals surface area (Å²) in [6.07, 6.45) is 0. The van der Waals surface area contributed by atoms with E-state index >= 15 is 0 Å². The first-order chi connectivity index (χ1) is 9.24. The molecule has 0 heterocycles. The second-order valence-electron chi connectivity index (χ2n) is 3.88. The van der Waals surface area contributed by atoms with Gasteiger partial charge in [-0.3, -0.25) is 0 Å². The molecule has 4 nitrogen and oxygen atoms in total. The zero-order valence-electron chi connectivity index (χ0n) is 11.1. The highest BCUT2D eigenvalue weighted by atomic mass is 16.5. The molecule has 2 rings (SSSR count). The van der Waals surface area contributed by atoms with Crippen molar-refractivity contribution < 1.29 is 14.2 Å². The number of ether oxygens (including phenoxy) is 3. The Balaban J connectivity index is 2.16. The van der Waals surface area contributed by atoms with Gasteiger partial charge in [0.1, 0.15) is 22.9 Å². The fraction of sp³-hybridized carbons (Fsp3) is 0.200. The molecule has 0 radical (unpaired) electrons. The van der Waals surface area contributed by atoms with E-state index in [4.69, 9.17) is 19.9 Å². The summed E-state index contributed by atoms with van der Waals surface area (Å²) in [5.41, 5.74) is 6.43. The number of methoxy groups -OCH3 is 1. The van der Waals surface area contributed by atoms with Crippen molar-refractivity contribution in [3.8, 4) is 23.0 Å². The third-order valence-electron chi connectivity index (χ3n) is 2.61. The zero-order chi connectivity index (χ0) is 13.7. The van der Waals surface area contributed by atoms with Gasteiger partial charge in [0.2, 0.25) is 0 Å². The van der Waals surface area contributed by atoms with E-state index < -0.39 is 0 Å². The van der Waals surface area contributed by atoms with Crippen LogP contribution in [-0.4, -0.2) is 13.7 Å². The van der Waals surface area contributed by atoms with Gasteiger partial charge in [0.15, 0.2) is 5.75 Å². The number of para-hydroxylation sites is 1. The molecule has 0 amide bonds. The third-order valence-corrected chi connectivity index (χ3v) is 2.61. The van der Waals surface area contributed by atoms with Crippen molar-refractivity contribution >= 4 is 5.69 Å². The lowest BCUT2D eigenvalue weighted by molar-refractivity contribution is 0.339. The molecule has 0 aromatic heterocycles. The van der Waals surface area contributed by atoms with Crippen molar-refractivity contribution in [2.75, 3.05) is 19.5 Å². The van der Waals surface area contributed by atoms with Crippen molar-refractivity contribution in [2.45, 2.75) is 6.92 Å². The lowest BCUT2D eigenvalue weighted by Gasteiger charge is -2.11. The Bertz CT molecular complexity index is 538. The maximum atomic E-state index is 5.94. The van der Waals surface area contributed by atoms with E-state index in [0.29, 0.717) is 29.5 Å². The van der Waals surface area contributed by atoms with Crippen LogP contribution in [0.25, 0.3) is 0 Å². The molecule has 19 heavy (non-hydrogen) atoms. The predicted octanol–water partition coefficient (Wildman–Crippen LogP) is 3.47. The van der Waals surface area contributed by atoms with Gasteiger partial charge in [-0.25, -0.2) is 0 Å². The Morgan fingerprint density at radius 3 is 2.21 bits per heavy atom. The van der Waals surface area contributed by atoms with E-state index in [2.05, 4.69) is 0 Å². The van der Waals surface area contributed by atoms with Crippen LogP contribution in [0.1, 0.15) is 6.92 Å². The minimum absolute atomic E-state index is 0.485. The summed E-state index contributed by atoms with van der Waals surface area (Å²) in [7, 11) is 1.58. The molecule has 2 aromatic carbocycles. The van der Waals surface area contributed by atoms with Crippen molar-refractivity contribution in [1.82, 2.24) is 0 Å². The summed E-state index contributed by atoms with van der Waals surface area (Å²) in [4.78, 5) is 0. The highest BCUT2D eigenvalue weighted by Crippen LogP contribution is 2.34. The van der Waals surface area contributed by atoms with Gasteiger partial charge in [0, 0.05) is 0 Å². The average Bonchev–Trinajstić information content (AvgIpc) is 2.43. The molecule has 100 valence electrons. The Morgan fingerprint density at radius 2 is 1.58 bits per heavy atom. The van der Waals surface area contributed by atoms with Crippen LogP contribution in [0.5, 0.6) is 23.0 Å². The monoisotopic (exact) mass is 259 g/mol. The molecule has 0 spiro atoms. The Hall–Kier alpha value is -2.36. The molecular weight excluding hydrogens is 242 g/mol. The van der Waals surface area contributed by atoms with Crippen LogP contribution in [0.4, 0.5) is 5.69 Å². The van der Waals surface area contributed by atoms with Crippen molar-refractivity contribution in [1.29, 1.82) is 0 Å². The van der Waals surface area contributed by atoms with Crippen LogP contribution >= 0.6 is 0 Å². The number of nitrogens with two attached hydrogens (primary N) is 1. The number of hydrogen-bond donors (Lipinski definition) is 1. The number of hydrogen-bond acceptors (Lipinski definition) is 4. The minimum atomic E-state index is 0.485. The maximum Gasteiger partial charge on any atom is 0.154 e. The van der Waals surface area contributed by atoms with Crippen molar-refractivity contribution in [3.63, 3.8) is 0 Å². The lowest BCUT2D eigenvalue weighted by atomic mass is 10.2. The molecule has 4 heteroatoms. The first-order valence-electron chi connectivity index (χ1n) is 6.07. The number of nitrogen functional groups attached to an aromatic ring is 1. The fourth-order valence-corrected chi connectivity index (χ4v) is 1.69. The summed E-state index contributed by atoms with van der Waals surface area (Å²) in [5.74, 6) is 2.68. The van der Waals surface area contributed by atoms with Gasteiger partial charge in [-0.05, 0) is 43.3 Å². The molecule has 0 fully saturated rings. The maximum absolute atomic E-state index is 5.94. The largest absolute Gasteiger partial charge is 0.494 e. The van der Waals surface area contributed by atoms with Crippen LogP contribution < -0.4 is 19.9 Å². The average molecular weight is 259 g/mol. The quantitative estimate of drug-likeness (QED) is 0.835. The first kappa shape index (κ1) is 13.1. The van der Waals surface area contributed by atoms with Crippen LogP contribution in [0.15, 0.2) is 42.5 Å². The first-order valence-corrected chi connectivity index (χ1v) is 6.07. The summed E-state index contributed by atoms with van der Waals surface area (Å²) < 4.78 is 16.2. The number of rotatable bonds is 5. The molecule has 0 aliphatic carbocycles. The molecule has 0 saturated heterocycles. The molecular formula is C15H17NO3. The van der Waals surface area contributed by atoms with E-state index in [1.807, 2.05) is 37.3 Å². The van der Waals surface area contributed by atoms with Crippen molar-refractivity contribution in [3.05, 3.63) is 42.5 Å². The minimum Gasteiger partial charge on any atom is -0.494 e. The van der Waals surface area contributed by atoms with Gasteiger partial charge in [0.05, 0.1) is 13.7 Å². The van der Waals surface area contributed by atoms with Crippen LogP contribution in [-0.2, 0) is 0 Å². The highest BCUT2D eigenvalue weighted by Gasteiger charge is 2.07. The summed E-state index contributed by atoms with van der Waals surface area (Å²) in [6.45, 7) is 2.59. The Kier molecular flexibility index (Phi) is 4.13. The molecule has 2 N–H and O–H groups in total. The van der Waals surface area contributed by atoms with Gasteiger partial charge in [0.25, 0.3) is 0 Å². The Labute approximate surface area is 112 Å².